The molecule has 7 nitrogen and oxygen atoms in total. The van der Waals surface area contributed by atoms with Gasteiger partial charge in [0.1, 0.15) is 0 Å². The molecule has 3 aliphatic heterocycles. The molecule has 1 N–H and O–H groups in total. The molecule has 1 unspecified atom stereocenters. The molecule has 7 heteroatoms. The van der Waals surface area contributed by atoms with Gasteiger partial charge in [-0.15, -0.1) is 0 Å². The van der Waals surface area contributed by atoms with E-state index in [-0.39, 0.29) is 11.5 Å². The number of likely N-dealkylation sites (tertiary alicyclic amines) is 2. The highest BCUT2D eigenvalue weighted by molar-refractivity contribution is 5.82. The number of carbonyl (C=O) groups excluding carboxylic acids is 1. The van der Waals surface area contributed by atoms with Gasteiger partial charge in [-0.25, -0.2) is 0 Å². The zero-order valence-electron chi connectivity index (χ0n) is 18.4. The van der Waals surface area contributed by atoms with E-state index in [4.69, 9.17) is 4.74 Å². The van der Waals surface area contributed by atoms with Crippen molar-refractivity contribution in [2.75, 3.05) is 53.0 Å². The molecule has 4 heterocycles. The number of nitrogens with zero attached hydrogens (tertiary/aromatic N) is 4. The summed E-state index contributed by atoms with van der Waals surface area (Å²) < 4.78 is 5.42. The Kier molecular flexibility index (Phi) is 5.82. The van der Waals surface area contributed by atoms with Crippen molar-refractivity contribution >= 4 is 5.91 Å². The van der Waals surface area contributed by atoms with E-state index >= 15 is 0 Å². The SMILES string of the molecule is CN1CC2(CCN(Cc3cn[nH]c3-c3ccccc3)CC2)CC1C(=O)N1CCOCC1. The van der Waals surface area contributed by atoms with Gasteiger partial charge in [0, 0.05) is 31.7 Å². The second kappa shape index (κ2) is 8.73. The predicted molar refractivity (Wildman–Crippen MR) is 119 cm³/mol. The number of aromatic nitrogens is 2. The van der Waals surface area contributed by atoms with Gasteiger partial charge in [0.05, 0.1) is 31.1 Å². The zero-order valence-corrected chi connectivity index (χ0v) is 18.4. The Morgan fingerprint density at radius 2 is 1.90 bits per heavy atom. The molecule has 166 valence electrons. The third-order valence-corrected chi connectivity index (χ3v) is 7.44. The summed E-state index contributed by atoms with van der Waals surface area (Å²) in [5.74, 6) is 0.302. The van der Waals surface area contributed by atoms with Crippen molar-refractivity contribution in [3.8, 4) is 11.3 Å². The van der Waals surface area contributed by atoms with Crippen LogP contribution in [0.2, 0.25) is 0 Å². The summed E-state index contributed by atoms with van der Waals surface area (Å²) in [6.45, 7) is 6.90. The fraction of sp³-hybridized carbons (Fsp3) is 0.583. The first-order valence-electron chi connectivity index (χ1n) is 11.5. The van der Waals surface area contributed by atoms with Crippen LogP contribution in [-0.2, 0) is 16.1 Å². The Hall–Kier alpha value is -2.22. The molecule has 3 aliphatic rings. The van der Waals surface area contributed by atoms with Crippen molar-refractivity contribution in [1.29, 1.82) is 0 Å². The molecule has 31 heavy (non-hydrogen) atoms. The Morgan fingerprint density at radius 3 is 2.65 bits per heavy atom. The minimum atomic E-state index is 0.0307. The summed E-state index contributed by atoms with van der Waals surface area (Å²) in [6.07, 6.45) is 5.27. The van der Waals surface area contributed by atoms with Crippen LogP contribution in [0.25, 0.3) is 11.3 Å². The van der Waals surface area contributed by atoms with E-state index in [1.807, 2.05) is 17.2 Å². The van der Waals surface area contributed by atoms with Crippen molar-refractivity contribution in [2.24, 2.45) is 5.41 Å². The van der Waals surface area contributed by atoms with Crippen molar-refractivity contribution in [2.45, 2.75) is 31.8 Å². The highest BCUT2D eigenvalue weighted by Gasteiger charge is 2.47. The minimum absolute atomic E-state index is 0.0307. The van der Waals surface area contributed by atoms with Crippen LogP contribution in [0.5, 0.6) is 0 Å². The van der Waals surface area contributed by atoms with Crippen LogP contribution in [0.4, 0.5) is 0 Å². The van der Waals surface area contributed by atoms with Gasteiger partial charge in [0.15, 0.2) is 0 Å². The lowest BCUT2D eigenvalue weighted by Crippen LogP contribution is -2.48. The fourth-order valence-electron chi connectivity index (χ4n) is 5.61. The molecule has 5 rings (SSSR count). The van der Waals surface area contributed by atoms with Gasteiger partial charge in [0.2, 0.25) is 5.91 Å². The smallest absolute Gasteiger partial charge is 0.240 e. The first-order valence-corrected chi connectivity index (χ1v) is 11.5. The number of benzene rings is 1. The Labute approximate surface area is 184 Å². The molecular weight excluding hydrogens is 390 g/mol. The second-order valence-electron chi connectivity index (χ2n) is 9.49. The van der Waals surface area contributed by atoms with Crippen LogP contribution in [0.15, 0.2) is 36.5 Å². The third kappa shape index (κ3) is 4.27. The summed E-state index contributed by atoms with van der Waals surface area (Å²) in [5, 5.41) is 7.49. The van der Waals surface area contributed by atoms with E-state index in [0.29, 0.717) is 19.1 Å². The van der Waals surface area contributed by atoms with Crippen LogP contribution in [0, 0.1) is 5.41 Å². The maximum absolute atomic E-state index is 13.1. The number of morpholine rings is 1. The van der Waals surface area contributed by atoms with E-state index < -0.39 is 0 Å². The molecule has 1 atom stereocenters. The molecule has 3 fully saturated rings. The van der Waals surface area contributed by atoms with E-state index in [1.165, 1.54) is 11.1 Å². The number of rotatable bonds is 4. The molecular formula is C24H33N5O2. The average molecular weight is 424 g/mol. The number of hydrogen-bond donors (Lipinski definition) is 1. The number of hydrogen-bond acceptors (Lipinski definition) is 5. The van der Waals surface area contributed by atoms with E-state index in [0.717, 1.165) is 64.2 Å². The van der Waals surface area contributed by atoms with E-state index in [1.54, 1.807) is 0 Å². The highest BCUT2D eigenvalue weighted by atomic mass is 16.5. The van der Waals surface area contributed by atoms with Gasteiger partial charge < -0.3 is 9.64 Å². The lowest BCUT2D eigenvalue weighted by molar-refractivity contribution is -0.139. The van der Waals surface area contributed by atoms with Crippen LogP contribution >= 0.6 is 0 Å². The predicted octanol–water partition coefficient (Wildman–Crippen LogP) is 2.22. The maximum atomic E-state index is 13.1. The molecule has 0 saturated carbocycles. The minimum Gasteiger partial charge on any atom is -0.378 e. The Morgan fingerprint density at radius 1 is 1.16 bits per heavy atom. The number of carbonyl (C=O) groups is 1. The molecule has 1 aromatic heterocycles. The first-order chi connectivity index (χ1) is 15.1. The monoisotopic (exact) mass is 423 g/mol. The Bertz CT molecular complexity index is 884. The van der Waals surface area contributed by atoms with Gasteiger partial charge in [-0.05, 0) is 50.4 Å². The summed E-state index contributed by atoms with van der Waals surface area (Å²) in [7, 11) is 2.13. The molecule has 2 aromatic rings. The van der Waals surface area contributed by atoms with Crippen LogP contribution < -0.4 is 0 Å². The number of aromatic amines is 1. The average Bonchev–Trinajstić information content (AvgIpc) is 3.40. The van der Waals surface area contributed by atoms with Gasteiger partial charge in [-0.2, -0.15) is 5.10 Å². The lowest BCUT2D eigenvalue weighted by atomic mass is 9.76. The molecule has 0 bridgehead atoms. The number of H-pyrrole nitrogens is 1. The van der Waals surface area contributed by atoms with Crippen molar-refractivity contribution in [3.63, 3.8) is 0 Å². The maximum Gasteiger partial charge on any atom is 0.240 e. The number of piperidine rings is 1. The zero-order chi connectivity index (χ0) is 21.3. The van der Waals surface area contributed by atoms with Crippen LogP contribution in [0.1, 0.15) is 24.8 Å². The van der Waals surface area contributed by atoms with Gasteiger partial charge >= 0.3 is 0 Å². The number of nitrogens with one attached hydrogen (secondary N) is 1. The quantitative estimate of drug-likeness (QED) is 0.817. The molecule has 0 aliphatic carbocycles. The van der Waals surface area contributed by atoms with Crippen molar-refractivity contribution in [1.82, 2.24) is 24.9 Å². The summed E-state index contributed by atoms with van der Waals surface area (Å²) >= 11 is 0. The van der Waals surface area contributed by atoms with Gasteiger partial charge in [-0.3, -0.25) is 19.7 Å². The number of likely N-dealkylation sites (N-methyl/N-ethyl adjacent to an activating group) is 1. The van der Waals surface area contributed by atoms with E-state index in [2.05, 4.69) is 51.3 Å². The van der Waals surface area contributed by atoms with Gasteiger partial charge in [0.25, 0.3) is 0 Å². The van der Waals surface area contributed by atoms with E-state index in [9.17, 15) is 4.79 Å². The second-order valence-corrected chi connectivity index (χ2v) is 9.49. The first kappa shape index (κ1) is 20.7. The van der Waals surface area contributed by atoms with Crippen LogP contribution in [0.3, 0.4) is 0 Å². The molecule has 1 aromatic carbocycles. The summed E-state index contributed by atoms with van der Waals surface area (Å²) in [5.41, 5.74) is 3.84. The molecule has 1 spiro atoms. The molecule has 3 saturated heterocycles. The van der Waals surface area contributed by atoms with Crippen molar-refractivity contribution in [3.05, 3.63) is 42.1 Å². The normalized spacial score (nSPS) is 24.7. The number of amides is 1. The fourth-order valence-corrected chi connectivity index (χ4v) is 5.61. The summed E-state index contributed by atoms with van der Waals surface area (Å²) in [6, 6.07) is 10.5. The Balaban J connectivity index is 1.19. The third-order valence-electron chi connectivity index (χ3n) is 7.44. The summed E-state index contributed by atoms with van der Waals surface area (Å²) in [4.78, 5) is 19.9. The number of ether oxygens (including phenoxy) is 1. The largest absolute Gasteiger partial charge is 0.378 e. The standard InChI is InChI=1S/C24H33N5O2/c1-27-18-24(15-21(27)23(30)29-11-13-31-14-12-29)7-9-28(10-8-24)17-20-16-25-26-22(20)19-5-3-2-4-6-19/h2-6,16,21H,7-15,17-18H2,1H3,(H,25,26). The highest BCUT2D eigenvalue weighted by Crippen LogP contribution is 2.43. The molecule has 0 radical (unpaired) electrons. The van der Waals surface area contributed by atoms with Crippen LogP contribution in [-0.4, -0.2) is 89.8 Å². The topological polar surface area (TPSA) is 64.7 Å². The molecule has 1 amide bonds. The lowest BCUT2D eigenvalue weighted by Gasteiger charge is -2.39. The van der Waals surface area contributed by atoms with Gasteiger partial charge in [-0.1, -0.05) is 30.3 Å². The van der Waals surface area contributed by atoms with Crippen molar-refractivity contribution < 1.29 is 9.53 Å².